The number of benzene rings is 1. The fourth-order valence-corrected chi connectivity index (χ4v) is 2.95. The van der Waals surface area contributed by atoms with Crippen LogP contribution in [-0.4, -0.2) is 27.5 Å². The van der Waals surface area contributed by atoms with Crippen LogP contribution in [-0.2, 0) is 16.4 Å². The first-order chi connectivity index (χ1) is 9.81. The fraction of sp³-hybridized carbons (Fsp3) is 0.625. The molecule has 1 aromatic carbocycles. The van der Waals surface area contributed by atoms with Gasteiger partial charge in [-0.05, 0) is 43.0 Å². The molecule has 2 N–H and O–H groups in total. The molecule has 120 valence electrons. The van der Waals surface area contributed by atoms with Crippen molar-refractivity contribution in [1.29, 1.82) is 0 Å². The normalized spacial score (nSPS) is 12.3. The molecule has 0 saturated heterocycles. The first-order valence-electron chi connectivity index (χ1n) is 7.63. The Balaban J connectivity index is 2.55. The lowest BCUT2D eigenvalue weighted by atomic mass is 10.1. The van der Waals surface area contributed by atoms with Crippen molar-refractivity contribution >= 4 is 10.0 Å². The van der Waals surface area contributed by atoms with Gasteiger partial charge in [0.25, 0.3) is 0 Å². The Morgan fingerprint density at radius 1 is 1.00 bits per heavy atom. The summed E-state index contributed by atoms with van der Waals surface area (Å²) in [6.45, 7) is 9.76. The van der Waals surface area contributed by atoms with Crippen molar-refractivity contribution < 1.29 is 8.42 Å². The molecule has 21 heavy (non-hydrogen) atoms. The van der Waals surface area contributed by atoms with Gasteiger partial charge in [0.1, 0.15) is 0 Å². The van der Waals surface area contributed by atoms with Crippen molar-refractivity contribution in [2.45, 2.75) is 51.5 Å². The third-order valence-corrected chi connectivity index (χ3v) is 4.69. The molecule has 0 unspecified atom stereocenters. The molecule has 0 aromatic heterocycles. The summed E-state index contributed by atoms with van der Waals surface area (Å²) in [5.74, 6) is 0.489. The van der Waals surface area contributed by atoms with Gasteiger partial charge < -0.3 is 5.32 Å². The first kappa shape index (κ1) is 18.1. The van der Waals surface area contributed by atoms with Crippen LogP contribution < -0.4 is 10.0 Å². The average Bonchev–Trinajstić information content (AvgIpc) is 2.38. The third kappa shape index (κ3) is 7.07. The molecule has 1 aromatic rings. The summed E-state index contributed by atoms with van der Waals surface area (Å²) in [6, 6.07) is 7.61. The topological polar surface area (TPSA) is 58.2 Å². The van der Waals surface area contributed by atoms with E-state index in [1.165, 1.54) is 0 Å². The maximum atomic E-state index is 12.1. The minimum Gasteiger partial charge on any atom is -0.314 e. The molecule has 0 aliphatic carbocycles. The average molecular weight is 312 g/mol. The van der Waals surface area contributed by atoms with E-state index in [0.717, 1.165) is 24.9 Å². The molecule has 0 heterocycles. The van der Waals surface area contributed by atoms with Gasteiger partial charge in [-0.2, -0.15) is 0 Å². The number of rotatable bonds is 9. The number of nitrogens with one attached hydrogen (secondary N) is 2. The van der Waals surface area contributed by atoms with Crippen LogP contribution in [0.4, 0.5) is 0 Å². The second-order valence-electron chi connectivity index (χ2n) is 6.08. The van der Waals surface area contributed by atoms with Crippen molar-refractivity contribution in [2.75, 3.05) is 13.1 Å². The Labute approximate surface area is 129 Å². The smallest absolute Gasteiger partial charge is 0.240 e. The van der Waals surface area contributed by atoms with Crippen LogP contribution in [0.2, 0.25) is 0 Å². The lowest BCUT2D eigenvalue weighted by Crippen LogP contribution is -2.26. The van der Waals surface area contributed by atoms with E-state index in [2.05, 4.69) is 37.7 Å². The standard InChI is InChI=1S/C16H28N2O2S/c1-13(2)9-12-18-21(19,20)16-7-5-15(6-8-16)10-11-17-14(3)4/h5-8,13-14,17-18H,9-12H2,1-4H3. The molecule has 0 aliphatic rings. The van der Waals surface area contributed by atoms with E-state index < -0.39 is 10.0 Å². The zero-order chi connectivity index (χ0) is 15.9. The highest BCUT2D eigenvalue weighted by atomic mass is 32.2. The number of hydrogen-bond donors (Lipinski definition) is 2. The summed E-state index contributed by atoms with van der Waals surface area (Å²) >= 11 is 0. The molecule has 0 atom stereocenters. The summed E-state index contributed by atoms with van der Waals surface area (Å²) < 4.78 is 26.9. The van der Waals surface area contributed by atoms with Gasteiger partial charge in [0.15, 0.2) is 0 Å². The van der Waals surface area contributed by atoms with Gasteiger partial charge >= 0.3 is 0 Å². The van der Waals surface area contributed by atoms with Gasteiger partial charge in [-0.15, -0.1) is 0 Å². The Hall–Kier alpha value is -0.910. The molecule has 5 heteroatoms. The van der Waals surface area contributed by atoms with Gasteiger partial charge in [-0.1, -0.05) is 39.8 Å². The van der Waals surface area contributed by atoms with Crippen molar-refractivity contribution in [3.63, 3.8) is 0 Å². The minimum atomic E-state index is -3.37. The van der Waals surface area contributed by atoms with E-state index >= 15 is 0 Å². The third-order valence-electron chi connectivity index (χ3n) is 3.21. The molecular formula is C16H28N2O2S. The highest BCUT2D eigenvalue weighted by Crippen LogP contribution is 2.11. The van der Waals surface area contributed by atoms with Crippen molar-refractivity contribution in [3.8, 4) is 0 Å². The molecule has 0 aliphatic heterocycles. The van der Waals surface area contributed by atoms with Gasteiger partial charge in [-0.25, -0.2) is 13.1 Å². The predicted octanol–water partition coefficient (Wildman–Crippen LogP) is 2.55. The maximum absolute atomic E-state index is 12.1. The Morgan fingerprint density at radius 3 is 2.14 bits per heavy atom. The second kappa shape index (κ2) is 8.51. The molecule has 4 nitrogen and oxygen atoms in total. The van der Waals surface area contributed by atoms with Crippen LogP contribution in [0.25, 0.3) is 0 Å². The van der Waals surface area contributed by atoms with Gasteiger partial charge in [0, 0.05) is 12.6 Å². The molecular weight excluding hydrogens is 284 g/mol. The van der Waals surface area contributed by atoms with Crippen molar-refractivity contribution in [1.82, 2.24) is 10.0 Å². The van der Waals surface area contributed by atoms with E-state index in [1.807, 2.05) is 12.1 Å². The second-order valence-corrected chi connectivity index (χ2v) is 7.85. The molecule has 0 radical (unpaired) electrons. The fourth-order valence-electron chi connectivity index (χ4n) is 1.91. The lowest BCUT2D eigenvalue weighted by molar-refractivity contribution is 0.551. The van der Waals surface area contributed by atoms with Gasteiger partial charge in [0.05, 0.1) is 4.90 Å². The van der Waals surface area contributed by atoms with Gasteiger partial charge in [0.2, 0.25) is 10.0 Å². The summed E-state index contributed by atoms with van der Waals surface area (Å²) in [5, 5.41) is 3.35. The zero-order valence-corrected chi connectivity index (χ0v) is 14.3. The summed E-state index contributed by atoms with van der Waals surface area (Å²) in [7, 11) is -3.37. The molecule has 0 bridgehead atoms. The Morgan fingerprint density at radius 2 is 1.62 bits per heavy atom. The number of hydrogen-bond acceptors (Lipinski definition) is 3. The Bertz CT molecular complexity index is 508. The van der Waals surface area contributed by atoms with Crippen LogP contribution in [0, 0.1) is 5.92 Å². The van der Waals surface area contributed by atoms with Crippen molar-refractivity contribution in [3.05, 3.63) is 29.8 Å². The largest absolute Gasteiger partial charge is 0.314 e. The van der Waals surface area contributed by atoms with Crippen LogP contribution in [0.5, 0.6) is 0 Å². The van der Waals surface area contributed by atoms with Crippen LogP contribution >= 0.6 is 0 Å². The summed E-state index contributed by atoms with van der Waals surface area (Å²) in [5.41, 5.74) is 1.14. The molecule has 0 saturated carbocycles. The maximum Gasteiger partial charge on any atom is 0.240 e. The molecule has 0 fully saturated rings. The predicted molar refractivity (Wildman–Crippen MR) is 87.9 cm³/mol. The van der Waals surface area contributed by atoms with E-state index in [9.17, 15) is 8.42 Å². The first-order valence-corrected chi connectivity index (χ1v) is 9.11. The number of sulfonamides is 1. The van der Waals surface area contributed by atoms with E-state index in [0.29, 0.717) is 23.4 Å². The van der Waals surface area contributed by atoms with E-state index in [4.69, 9.17) is 0 Å². The minimum absolute atomic E-state index is 0.340. The molecule has 1 rings (SSSR count). The SMILES string of the molecule is CC(C)CCNS(=O)(=O)c1ccc(CCNC(C)C)cc1. The van der Waals surface area contributed by atoms with E-state index in [1.54, 1.807) is 12.1 Å². The molecule has 0 amide bonds. The summed E-state index contributed by atoms with van der Waals surface area (Å²) in [4.78, 5) is 0.340. The van der Waals surface area contributed by atoms with Gasteiger partial charge in [-0.3, -0.25) is 0 Å². The van der Waals surface area contributed by atoms with Crippen LogP contribution in [0.3, 0.4) is 0 Å². The lowest BCUT2D eigenvalue weighted by Gasteiger charge is -2.10. The highest BCUT2D eigenvalue weighted by molar-refractivity contribution is 7.89. The van der Waals surface area contributed by atoms with Crippen LogP contribution in [0.15, 0.2) is 29.2 Å². The highest BCUT2D eigenvalue weighted by Gasteiger charge is 2.13. The van der Waals surface area contributed by atoms with Crippen molar-refractivity contribution in [2.24, 2.45) is 5.92 Å². The Kier molecular flexibility index (Phi) is 7.35. The summed E-state index contributed by atoms with van der Waals surface area (Å²) in [6.07, 6.45) is 1.75. The van der Waals surface area contributed by atoms with E-state index in [-0.39, 0.29) is 0 Å². The molecule has 0 spiro atoms. The quantitative estimate of drug-likeness (QED) is 0.737. The zero-order valence-electron chi connectivity index (χ0n) is 13.5. The monoisotopic (exact) mass is 312 g/mol. The van der Waals surface area contributed by atoms with Crippen LogP contribution in [0.1, 0.15) is 39.7 Å².